The van der Waals surface area contributed by atoms with Crippen LogP contribution in [0.1, 0.15) is 23.1 Å². The molecule has 0 aliphatic heterocycles. The van der Waals surface area contributed by atoms with Crippen LogP contribution in [0.5, 0.6) is 5.75 Å². The smallest absolute Gasteiger partial charge is 0.255 e. The molecule has 41 heavy (non-hydrogen) atoms. The summed E-state index contributed by atoms with van der Waals surface area (Å²) in [6.45, 7) is 0.267. The number of primary amides is 1. The number of likely N-dealkylation sites (N-methyl/N-ethyl adjacent to an activating group) is 1. The number of fused-ring (bicyclic) bond motifs is 3. The number of phenolic OH excluding ortho intramolecular Hbond substituents is 1. The van der Waals surface area contributed by atoms with Crippen molar-refractivity contribution in [1.29, 1.82) is 0 Å². The van der Waals surface area contributed by atoms with Gasteiger partial charge in [0.1, 0.15) is 29.5 Å². The third kappa shape index (κ3) is 4.32. The molecule has 216 valence electrons. The van der Waals surface area contributed by atoms with E-state index in [2.05, 4.69) is 5.32 Å². The van der Waals surface area contributed by atoms with Crippen LogP contribution in [0, 0.1) is 11.8 Å². The number of carbonyl (C=O) groups is 3. The average Bonchev–Trinajstić information content (AvgIpc) is 2.91. The molecule has 1 fully saturated rings. The number of aromatic hydroxyl groups is 1. The van der Waals surface area contributed by atoms with Gasteiger partial charge in [0.15, 0.2) is 11.4 Å². The van der Waals surface area contributed by atoms with Crippen LogP contribution in [0.15, 0.2) is 53.3 Å². The molecule has 1 saturated carbocycles. The predicted molar refractivity (Wildman–Crippen MR) is 147 cm³/mol. The molecule has 4 atom stereocenters. The Balaban J connectivity index is 1.63. The molecule has 1 amide bonds. The number of benzene rings is 2. The third-order valence-corrected chi connectivity index (χ3v) is 8.47. The highest BCUT2D eigenvalue weighted by Crippen LogP contribution is 2.53. The normalized spacial score (nSPS) is 25.7. The highest BCUT2D eigenvalue weighted by Gasteiger charge is 2.64. The first-order chi connectivity index (χ1) is 19.4. The number of hydrogen-bond acceptors (Lipinski definition) is 9. The molecule has 0 radical (unpaired) electrons. The lowest BCUT2D eigenvalue weighted by Crippen LogP contribution is -2.65. The number of ketones is 2. The molecule has 0 bridgehead atoms. The van der Waals surface area contributed by atoms with Gasteiger partial charge in [0.2, 0.25) is 5.78 Å². The molecule has 0 heterocycles. The summed E-state index contributed by atoms with van der Waals surface area (Å²) >= 11 is 0. The fourth-order valence-electron chi connectivity index (χ4n) is 6.62. The van der Waals surface area contributed by atoms with E-state index in [0.29, 0.717) is 17.7 Å². The van der Waals surface area contributed by atoms with Gasteiger partial charge in [0.05, 0.1) is 11.6 Å². The summed E-state index contributed by atoms with van der Waals surface area (Å²) in [4.78, 5) is 40.8. The Morgan fingerprint density at radius 2 is 1.80 bits per heavy atom. The summed E-state index contributed by atoms with van der Waals surface area (Å²) in [5.41, 5.74) is 4.70. The molecule has 3 aliphatic rings. The lowest BCUT2D eigenvalue weighted by molar-refractivity contribution is -0.153. The van der Waals surface area contributed by atoms with Crippen molar-refractivity contribution >= 4 is 23.2 Å². The summed E-state index contributed by atoms with van der Waals surface area (Å²) in [6.07, 6.45) is 0.206. The second-order valence-corrected chi connectivity index (χ2v) is 11.0. The Hall–Kier alpha value is -4.06. The topological polar surface area (TPSA) is 173 Å². The van der Waals surface area contributed by atoms with E-state index in [1.54, 1.807) is 20.2 Å². The summed E-state index contributed by atoms with van der Waals surface area (Å²) in [5, 5.41) is 47.8. The first kappa shape index (κ1) is 28.5. The van der Waals surface area contributed by atoms with Crippen LogP contribution in [0.25, 0.3) is 16.9 Å². The summed E-state index contributed by atoms with van der Waals surface area (Å²) in [5.74, 6) is -6.85. The number of Topliss-reactive ketones (excluding diaryl/α,β-unsaturated/α-hetero) is 2. The van der Waals surface area contributed by atoms with Gasteiger partial charge in [-0.25, -0.2) is 4.39 Å². The van der Waals surface area contributed by atoms with Crippen LogP contribution in [0.4, 0.5) is 4.39 Å². The number of aliphatic hydroxyl groups excluding tert-OH is 2. The maximum Gasteiger partial charge on any atom is 0.255 e. The predicted octanol–water partition coefficient (Wildman–Crippen LogP) is 1.69. The van der Waals surface area contributed by atoms with Crippen LogP contribution in [0.3, 0.4) is 0 Å². The Morgan fingerprint density at radius 3 is 2.41 bits per heavy atom. The SMILES string of the molecule is CN(C)[C@H]1C(=O)C(C(N)=O)=C(O)[C@]2(O)C(=O)C3=C(O)c4c(O)ccc(-c5ccc(CNCCF)cc5)c4C[C@@H]3C[C@H]12. The molecule has 10 nitrogen and oxygen atoms in total. The molecule has 2 aromatic rings. The van der Waals surface area contributed by atoms with E-state index < -0.39 is 64.7 Å². The van der Waals surface area contributed by atoms with Crippen molar-refractivity contribution in [1.82, 2.24) is 10.2 Å². The number of nitrogens with zero attached hydrogens (tertiary/aromatic N) is 1. The fourth-order valence-corrected chi connectivity index (χ4v) is 6.62. The van der Waals surface area contributed by atoms with Gasteiger partial charge >= 0.3 is 0 Å². The number of phenols is 1. The van der Waals surface area contributed by atoms with Crippen molar-refractivity contribution < 1.29 is 39.2 Å². The van der Waals surface area contributed by atoms with Crippen molar-refractivity contribution in [2.24, 2.45) is 17.6 Å². The average molecular weight is 566 g/mol. The molecule has 0 aromatic heterocycles. The second-order valence-electron chi connectivity index (χ2n) is 11.0. The number of aliphatic hydroxyl groups is 3. The fraction of sp³-hybridized carbons (Fsp3) is 0.367. The minimum atomic E-state index is -2.68. The first-order valence-electron chi connectivity index (χ1n) is 13.3. The van der Waals surface area contributed by atoms with Crippen molar-refractivity contribution in [3.05, 3.63) is 70.0 Å². The summed E-state index contributed by atoms with van der Waals surface area (Å²) in [6, 6.07) is 9.48. The molecule has 2 aromatic carbocycles. The van der Waals surface area contributed by atoms with E-state index in [0.717, 1.165) is 11.1 Å². The number of nitrogens with one attached hydrogen (secondary N) is 1. The van der Waals surface area contributed by atoms with E-state index in [-0.39, 0.29) is 36.3 Å². The van der Waals surface area contributed by atoms with Gasteiger partial charge in [-0.15, -0.1) is 0 Å². The number of nitrogens with two attached hydrogens (primary N) is 1. The molecule has 11 heteroatoms. The van der Waals surface area contributed by atoms with E-state index in [9.17, 15) is 39.2 Å². The van der Waals surface area contributed by atoms with Crippen LogP contribution < -0.4 is 11.1 Å². The lowest BCUT2D eigenvalue weighted by Gasteiger charge is -2.50. The zero-order valence-corrected chi connectivity index (χ0v) is 22.6. The van der Waals surface area contributed by atoms with E-state index in [1.807, 2.05) is 24.3 Å². The number of amides is 1. The zero-order chi connectivity index (χ0) is 29.8. The molecule has 0 saturated heterocycles. The monoisotopic (exact) mass is 565 g/mol. The van der Waals surface area contributed by atoms with Crippen LogP contribution >= 0.6 is 0 Å². The van der Waals surface area contributed by atoms with Crippen molar-refractivity contribution in [3.63, 3.8) is 0 Å². The maximum absolute atomic E-state index is 13.9. The molecule has 3 aliphatic carbocycles. The first-order valence-corrected chi connectivity index (χ1v) is 13.3. The number of rotatable bonds is 7. The largest absolute Gasteiger partial charge is 0.508 e. The number of halogens is 1. The molecular weight excluding hydrogens is 533 g/mol. The lowest BCUT2D eigenvalue weighted by atomic mass is 9.57. The third-order valence-electron chi connectivity index (χ3n) is 8.47. The standard InChI is InChI=1S/C30H32FN3O7/c1-34(2)24-19-12-16-11-18-17(15-5-3-14(4-6-15)13-33-10-9-31)7-8-20(35)22(18)25(36)21(16)27(38)30(19,41)28(39)23(26(24)37)29(32)40/h3-8,16,19,24,33,35-36,39,41H,9-13H2,1-2H3,(H2,32,40)/t16-,19-,24-,30-/m1/s1. The van der Waals surface area contributed by atoms with Gasteiger partial charge in [0, 0.05) is 24.6 Å². The van der Waals surface area contributed by atoms with Gasteiger partial charge in [-0.3, -0.25) is 19.3 Å². The van der Waals surface area contributed by atoms with Crippen molar-refractivity contribution in [3.8, 4) is 16.9 Å². The van der Waals surface area contributed by atoms with Gasteiger partial charge in [-0.05, 0) is 61.2 Å². The van der Waals surface area contributed by atoms with Gasteiger partial charge in [-0.1, -0.05) is 30.3 Å². The zero-order valence-electron chi connectivity index (χ0n) is 22.6. The molecular formula is C30H32FN3O7. The van der Waals surface area contributed by atoms with Crippen molar-refractivity contribution in [2.75, 3.05) is 27.3 Å². The van der Waals surface area contributed by atoms with Gasteiger partial charge < -0.3 is 31.5 Å². The Morgan fingerprint density at radius 1 is 1.12 bits per heavy atom. The summed E-state index contributed by atoms with van der Waals surface area (Å²) in [7, 11) is 3.11. The van der Waals surface area contributed by atoms with E-state index in [1.165, 1.54) is 11.0 Å². The molecule has 0 spiro atoms. The minimum Gasteiger partial charge on any atom is -0.508 e. The number of alkyl halides is 1. The van der Waals surface area contributed by atoms with Crippen LogP contribution in [0.2, 0.25) is 0 Å². The van der Waals surface area contributed by atoms with Crippen LogP contribution in [-0.4, -0.2) is 81.8 Å². The highest BCUT2D eigenvalue weighted by molar-refractivity contribution is 6.24. The van der Waals surface area contributed by atoms with E-state index in [4.69, 9.17) is 5.73 Å². The molecule has 0 unspecified atom stereocenters. The Bertz CT molecular complexity index is 1510. The number of hydrogen-bond donors (Lipinski definition) is 6. The van der Waals surface area contributed by atoms with Crippen molar-refractivity contribution in [2.45, 2.75) is 31.0 Å². The quantitative estimate of drug-likeness (QED) is 0.216. The Kier molecular flexibility index (Phi) is 7.22. The molecule has 5 rings (SSSR count). The number of carbonyl (C=O) groups excluding carboxylic acids is 3. The minimum absolute atomic E-state index is 0.0139. The van der Waals surface area contributed by atoms with Gasteiger partial charge in [-0.2, -0.15) is 0 Å². The van der Waals surface area contributed by atoms with Crippen LogP contribution in [-0.2, 0) is 27.3 Å². The Labute approximate surface area is 235 Å². The highest BCUT2D eigenvalue weighted by atomic mass is 19.1. The van der Waals surface area contributed by atoms with E-state index >= 15 is 0 Å². The summed E-state index contributed by atoms with van der Waals surface area (Å²) < 4.78 is 12.4. The maximum atomic E-state index is 13.9. The van der Waals surface area contributed by atoms with Gasteiger partial charge in [0.25, 0.3) is 5.91 Å². The second kappa shape index (κ2) is 10.4. The molecule has 7 N–H and O–H groups in total.